The van der Waals surface area contributed by atoms with Gasteiger partial charge in [0, 0.05) is 49.8 Å². The average Bonchev–Trinajstić information content (AvgIpc) is 2.81. The van der Waals surface area contributed by atoms with Gasteiger partial charge in [-0.3, -0.25) is 10.00 Å². The van der Waals surface area contributed by atoms with Gasteiger partial charge in [-0.05, 0) is 32.2 Å². The summed E-state index contributed by atoms with van der Waals surface area (Å²) in [5.41, 5.74) is 3.53. The minimum atomic E-state index is -0.546. The molecule has 1 aromatic rings. The molecule has 3 N–H and O–H groups in total. The lowest BCUT2D eigenvalue weighted by Gasteiger charge is -2.39. The van der Waals surface area contributed by atoms with E-state index in [1.807, 2.05) is 0 Å². The molecule has 5 nitrogen and oxygen atoms in total. The number of β-amino-alcohol motifs (C(OH)–C–C–N with tert-alkyl or cyclic N) is 1. The summed E-state index contributed by atoms with van der Waals surface area (Å²) in [6, 6.07) is 0. The lowest BCUT2D eigenvalue weighted by atomic mass is 9.80. The first-order chi connectivity index (χ1) is 10.2. The van der Waals surface area contributed by atoms with Crippen molar-refractivity contribution in [2.45, 2.75) is 56.6 Å². The predicted molar refractivity (Wildman–Crippen MR) is 81.2 cm³/mol. The summed E-state index contributed by atoms with van der Waals surface area (Å²) in [7, 11) is 0. The van der Waals surface area contributed by atoms with Crippen LogP contribution in [-0.4, -0.2) is 52.0 Å². The number of hydrogen-bond donors (Lipinski definition) is 3. The van der Waals surface area contributed by atoms with Crippen molar-refractivity contribution >= 4 is 0 Å². The average molecular weight is 290 g/mol. The minimum Gasteiger partial charge on any atom is -0.387 e. The zero-order valence-electron chi connectivity index (χ0n) is 12.7. The predicted octanol–water partition coefficient (Wildman–Crippen LogP) is 1.15. The quantitative estimate of drug-likeness (QED) is 0.781. The molecule has 2 aliphatic heterocycles. The van der Waals surface area contributed by atoms with E-state index in [4.69, 9.17) is 0 Å². The number of rotatable bonds is 3. The van der Waals surface area contributed by atoms with Gasteiger partial charge in [-0.2, -0.15) is 5.10 Å². The van der Waals surface area contributed by atoms with Crippen LogP contribution in [0.4, 0.5) is 0 Å². The highest BCUT2D eigenvalue weighted by atomic mass is 16.3. The Balaban J connectivity index is 1.46. The molecule has 0 radical (unpaired) electrons. The van der Waals surface area contributed by atoms with E-state index in [1.165, 1.54) is 36.2 Å². The van der Waals surface area contributed by atoms with Crippen LogP contribution >= 0.6 is 0 Å². The second-order valence-electron chi connectivity index (χ2n) is 7.16. The Morgan fingerprint density at radius 1 is 1.33 bits per heavy atom. The van der Waals surface area contributed by atoms with Gasteiger partial charge in [0.15, 0.2) is 0 Å². The molecule has 3 heterocycles. The smallest absolute Gasteiger partial charge is 0.0898 e. The number of piperidine rings is 1. The fourth-order valence-corrected chi connectivity index (χ4v) is 4.03. The molecule has 1 atom stereocenters. The second-order valence-corrected chi connectivity index (χ2v) is 7.16. The molecule has 2 fully saturated rings. The summed E-state index contributed by atoms with van der Waals surface area (Å²) < 4.78 is 0. The molecule has 0 amide bonds. The number of nitrogens with one attached hydrogen (secondary N) is 2. The number of nitrogens with zero attached hydrogens (tertiary/aromatic N) is 2. The molecule has 0 spiro atoms. The lowest BCUT2D eigenvalue weighted by Crippen LogP contribution is -2.53. The van der Waals surface area contributed by atoms with Gasteiger partial charge >= 0.3 is 0 Å². The third-order valence-corrected chi connectivity index (χ3v) is 5.50. The molecule has 1 saturated heterocycles. The van der Waals surface area contributed by atoms with Gasteiger partial charge in [-0.25, -0.2) is 0 Å². The van der Waals surface area contributed by atoms with E-state index in [1.54, 1.807) is 0 Å². The molecule has 4 rings (SSSR count). The van der Waals surface area contributed by atoms with Crippen LogP contribution < -0.4 is 5.32 Å². The Morgan fingerprint density at radius 3 is 2.95 bits per heavy atom. The zero-order chi connectivity index (χ0) is 14.3. The molecular weight excluding hydrogens is 264 g/mol. The van der Waals surface area contributed by atoms with Gasteiger partial charge < -0.3 is 10.4 Å². The van der Waals surface area contributed by atoms with E-state index in [0.29, 0.717) is 5.92 Å². The highest BCUT2D eigenvalue weighted by molar-refractivity contribution is 5.31. The molecule has 0 bridgehead atoms. The minimum absolute atomic E-state index is 0.546. The van der Waals surface area contributed by atoms with Crippen molar-refractivity contribution in [3.05, 3.63) is 17.0 Å². The number of aromatic amines is 1. The molecular formula is C16H26N4O. The van der Waals surface area contributed by atoms with Gasteiger partial charge in [0.2, 0.25) is 0 Å². The Bertz CT molecular complexity index is 502. The molecule has 3 aliphatic rings. The maximum Gasteiger partial charge on any atom is 0.0898 e. The lowest BCUT2D eigenvalue weighted by molar-refractivity contribution is -0.0186. The summed E-state index contributed by atoms with van der Waals surface area (Å²) in [6.07, 6.45) is 6.98. The van der Waals surface area contributed by atoms with Crippen molar-refractivity contribution in [1.82, 2.24) is 20.4 Å². The maximum atomic E-state index is 10.7. The first-order valence-corrected chi connectivity index (χ1v) is 8.45. The van der Waals surface area contributed by atoms with Gasteiger partial charge in [0.25, 0.3) is 0 Å². The first kappa shape index (κ1) is 13.7. The Morgan fingerprint density at radius 2 is 2.24 bits per heavy atom. The Labute approximate surface area is 126 Å². The normalized spacial score (nSPS) is 30.9. The van der Waals surface area contributed by atoms with Crippen molar-refractivity contribution < 1.29 is 5.11 Å². The first-order valence-electron chi connectivity index (χ1n) is 8.45. The number of hydrogen-bond acceptors (Lipinski definition) is 4. The summed E-state index contributed by atoms with van der Waals surface area (Å²) in [4.78, 5) is 2.42. The van der Waals surface area contributed by atoms with Gasteiger partial charge in [-0.15, -0.1) is 0 Å². The fourth-order valence-electron chi connectivity index (χ4n) is 4.03. The van der Waals surface area contributed by atoms with Crippen molar-refractivity contribution in [1.29, 1.82) is 0 Å². The SMILES string of the molecule is OC1(CN2CCc3[nH]nc(C4CCC4)c3C2)CCCNC1. The van der Waals surface area contributed by atoms with Crippen molar-refractivity contribution in [3.8, 4) is 0 Å². The van der Waals surface area contributed by atoms with E-state index in [9.17, 15) is 5.11 Å². The van der Waals surface area contributed by atoms with E-state index < -0.39 is 5.60 Å². The number of aliphatic hydroxyl groups is 1. The number of aromatic nitrogens is 2. The standard InChI is InChI=1S/C16H26N4O/c21-16(6-2-7-17-10-16)11-20-8-5-14-13(9-20)15(19-18-14)12-3-1-4-12/h12,17,21H,1-11H2,(H,18,19). The number of H-pyrrole nitrogens is 1. The highest BCUT2D eigenvalue weighted by Gasteiger charge is 2.34. The molecule has 116 valence electrons. The third-order valence-electron chi connectivity index (χ3n) is 5.50. The van der Waals surface area contributed by atoms with Crippen LogP contribution in [0, 0.1) is 0 Å². The van der Waals surface area contributed by atoms with Crippen LogP contribution in [0.5, 0.6) is 0 Å². The molecule has 21 heavy (non-hydrogen) atoms. The number of fused-ring (bicyclic) bond motifs is 1. The molecule has 1 aliphatic carbocycles. The summed E-state index contributed by atoms with van der Waals surface area (Å²) in [5.74, 6) is 0.685. The molecule has 1 aromatic heterocycles. The fraction of sp³-hybridized carbons (Fsp3) is 0.812. The van der Waals surface area contributed by atoms with Crippen molar-refractivity contribution in [3.63, 3.8) is 0 Å². The van der Waals surface area contributed by atoms with Crippen LogP contribution in [0.1, 0.15) is 55.0 Å². The maximum absolute atomic E-state index is 10.7. The summed E-state index contributed by atoms with van der Waals surface area (Å²) in [5, 5.41) is 21.9. The second kappa shape index (κ2) is 5.38. The molecule has 5 heteroatoms. The van der Waals surface area contributed by atoms with E-state index in [-0.39, 0.29) is 0 Å². The van der Waals surface area contributed by atoms with Crippen molar-refractivity contribution in [2.24, 2.45) is 0 Å². The monoisotopic (exact) mass is 290 g/mol. The Hall–Kier alpha value is -0.910. The van der Waals surface area contributed by atoms with Gasteiger partial charge in [-0.1, -0.05) is 6.42 Å². The van der Waals surface area contributed by atoms with E-state index in [2.05, 4.69) is 20.4 Å². The van der Waals surface area contributed by atoms with Crippen LogP contribution in [0.15, 0.2) is 0 Å². The third kappa shape index (κ3) is 2.62. The molecule has 0 aromatic carbocycles. The van der Waals surface area contributed by atoms with Crippen molar-refractivity contribution in [2.75, 3.05) is 26.2 Å². The van der Waals surface area contributed by atoms with E-state index >= 15 is 0 Å². The Kier molecular flexibility index (Phi) is 3.52. The largest absolute Gasteiger partial charge is 0.387 e. The van der Waals surface area contributed by atoms with Crippen LogP contribution in [0.25, 0.3) is 0 Å². The topological polar surface area (TPSA) is 64.2 Å². The van der Waals surface area contributed by atoms with Crippen LogP contribution in [0.3, 0.4) is 0 Å². The van der Waals surface area contributed by atoms with E-state index in [0.717, 1.165) is 52.0 Å². The van der Waals surface area contributed by atoms with Gasteiger partial charge in [0.1, 0.15) is 0 Å². The van der Waals surface area contributed by atoms with Crippen LogP contribution in [-0.2, 0) is 13.0 Å². The molecule has 1 unspecified atom stereocenters. The van der Waals surface area contributed by atoms with Crippen LogP contribution in [0.2, 0.25) is 0 Å². The highest BCUT2D eigenvalue weighted by Crippen LogP contribution is 2.39. The summed E-state index contributed by atoms with van der Waals surface area (Å²) >= 11 is 0. The summed E-state index contributed by atoms with van der Waals surface area (Å²) in [6.45, 7) is 4.55. The van der Waals surface area contributed by atoms with Gasteiger partial charge in [0.05, 0.1) is 11.3 Å². The zero-order valence-corrected chi connectivity index (χ0v) is 12.7. The molecule has 1 saturated carbocycles.